The monoisotopic (exact) mass is 458 g/mol. The molecule has 4 aliphatic heterocycles. The Morgan fingerprint density at radius 3 is 2.67 bits per heavy atom. The highest BCUT2D eigenvalue weighted by molar-refractivity contribution is 5.99. The quantitative estimate of drug-likeness (QED) is 0.508. The molecule has 5 rings (SSSR count). The lowest BCUT2D eigenvalue weighted by Crippen LogP contribution is -2.59. The Hall–Kier alpha value is -2.19. The normalized spacial score (nSPS) is 37.7. The summed E-state index contributed by atoms with van der Waals surface area (Å²) in [5.41, 5.74) is -1.25. The molecule has 180 valence electrons. The van der Waals surface area contributed by atoms with Crippen molar-refractivity contribution in [3.8, 4) is 0 Å². The van der Waals surface area contributed by atoms with Gasteiger partial charge in [-0.2, -0.15) is 0 Å². The molecule has 2 saturated heterocycles. The van der Waals surface area contributed by atoms with Crippen LogP contribution in [0.25, 0.3) is 0 Å². The van der Waals surface area contributed by atoms with Crippen molar-refractivity contribution in [3.05, 3.63) is 24.3 Å². The minimum Gasteiger partial charge on any atom is -0.465 e. The van der Waals surface area contributed by atoms with Gasteiger partial charge in [0.1, 0.15) is 17.6 Å². The summed E-state index contributed by atoms with van der Waals surface area (Å²) in [5.74, 6) is -2.55. The maximum Gasteiger partial charge on any atom is 0.312 e. The first kappa shape index (κ1) is 22.6. The number of hydrogen-bond acceptors (Lipinski definition) is 6. The molecule has 4 heterocycles. The van der Waals surface area contributed by atoms with Gasteiger partial charge in [-0.05, 0) is 25.7 Å². The lowest BCUT2D eigenvalue weighted by molar-refractivity contribution is -0.157. The third-order valence-corrected chi connectivity index (χ3v) is 8.18. The molecule has 8 heteroatoms. The number of rotatable bonds is 4. The van der Waals surface area contributed by atoms with Crippen molar-refractivity contribution in [1.82, 2.24) is 9.80 Å². The van der Waals surface area contributed by atoms with Crippen molar-refractivity contribution in [3.63, 3.8) is 0 Å². The number of cyclic esters (lactones) is 1. The second-order valence-corrected chi connectivity index (χ2v) is 9.90. The highest BCUT2D eigenvalue weighted by atomic mass is 16.6. The molecule has 1 saturated carbocycles. The number of hydrogen-bond donors (Lipinski definition) is 1. The van der Waals surface area contributed by atoms with Gasteiger partial charge in [-0.1, -0.05) is 50.5 Å². The van der Waals surface area contributed by atoms with Gasteiger partial charge in [0, 0.05) is 12.6 Å². The van der Waals surface area contributed by atoms with E-state index < -0.39 is 41.6 Å². The zero-order chi connectivity index (χ0) is 23.2. The van der Waals surface area contributed by atoms with E-state index >= 15 is 0 Å². The van der Waals surface area contributed by atoms with Gasteiger partial charge in [-0.15, -0.1) is 0 Å². The van der Waals surface area contributed by atoms with Crippen LogP contribution in [0.15, 0.2) is 24.3 Å². The van der Waals surface area contributed by atoms with E-state index in [-0.39, 0.29) is 31.1 Å². The summed E-state index contributed by atoms with van der Waals surface area (Å²) in [5, 5.41) is 10.1. The zero-order valence-corrected chi connectivity index (χ0v) is 19.2. The second-order valence-electron chi connectivity index (χ2n) is 9.90. The predicted molar refractivity (Wildman–Crippen MR) is 119 cm³/mol. The van der Waals surface area contributed by atoms with Gasteiger partial charge in [0.15, 0.2) is 0 Å². The summed E-state index contributed by atoms with van der Waals surface area (Å²) in [6, 6.07) is -1.28. The van der Waals surface area contributed by atoms with Crippen molar-refractivity contribution >= 4 is 17.8 Å². The Balaban J connectivity index is 1.60. The Morgan fingerprint density at radius 1 is 1.15 bits per heavy atom. The Kier molecular flexibility index (Phi) is 6.07. The highest BCUT2D eigenvalue weighted by Crippen LogP contribution is 2.54. The molecule has 0 aromatic rings. The SMILES string of the molecule is CC[C@@H](CO)N1C(=O)[C@@H]2[C@@H]3C(=O)OCCC=C[C@@H]3O[C@@]23C=CCN(C2CCCCC2)C(=O)C13. The van der Waals surface area contributed by atoms with E-state index in [0.717, 1.165) is 25.7 Å². The fraction of sp³-hybridized carbons (Fsp3) is 0.720. The molecule has 1 N–H and O–H groups in total. The van der Waals surface area contributed by atoms with Gasteiger partial charge in [0.25, 0.3) is 0 Å². The van der Waals surface area contributed by atoms with Gasteiger partial charge < -0.3 is 24.4 Å². The first-order valence-electron chi connectivity index (χ1n) is 12.5. The van der Waals surface area contributed by atoms with Crippen LogP contribution in [0.4, 0.5) is 0 Å². The second kappa shape index (κ2) is 8.87. The maximum atomic E-state index is 14.2. The summed E-state index contributed by atoms with van der Waals surface area (Å²) in [4.78, 5) is 44.6. The standard InChI is InChI=1S/C25H34N2O6/c1-2-16(15-28)27-21-23(30)26(17-9-4-3-5-10-17)13-8-12-25(21)20(22(27)29)19-18(33-25)11-6-7-14-32-24(19)31/h6,8,11-12,16-21,28H,2-5,7,9-10,13-15H2,1H3/t16-,18-,19+,20-,21?,25-/m0/s1. The van der Waals surface area contributed by atoms with E-state index in [1.807, 2.05) is 36.1 Å². The fourth-order valence-corrected chi connectivity index (χ4v) is 6.59. The topological polar surface area (TPSA) is 96.4 Å². The molecular formula is C25H34N2O6. The van der Waals surface area contributed by atoms with Gasteiger partial charge in [-0.3, -0.25) is 14.4 Å². The van der Waals surface area contributed by atoms with E-state index in [1.165, 1.54) is 11.3 Å². The molecule has 5 aliphatic rings. The molecule has 2 amide bonds. The number of fused-ring (bicyclic) bond motifs is 2. The molecule has 1 aliphatic carbocycles. The number of esters is 1. The van der Waals surface area contributed by atoms with Crippen molar-refractivity contribution < 1.29 is 29.0 Å². The first-order chi connectivity index (χ1) is 16.0. The molecule has 0 aromatic carbocycles. The molecular weight excluding hydrogens is 424 g/mol. The number of nitrogens with zero attached hydrogens (tertiary/aromatic N) is 2. The van der Waals surface area contributed by atoms with Crippen LogP contribution in [0, 0.1) is 11.8 Å². The molecule has 0 aromatic heterocycles. The first-order valence-corrected chi connectivity index (χ1v) is 12.5. The van der Waals surface area contributed by atoms with E-state index in [1.54, 1.807) is 0 Å². The van der Waals surface area contributed by atoms with Crippen molar-refractivity contribution in [2.45, 2.75) is 81.7 Å². The van der Waals surface area contributed by atoms with Crippen molar-refractivity contribution in [2.24, 2.45) is 11.8 Å². The van der Waals surface area contributed by atoms with Gasteiger partial charge in [0.2, 0.25) is 11.8 Å². The summed E-state index contributed by atoms with van der Waals surface area (Å²) in [6.07, 6.45) is 13.3. The van der Waals surface area contributed by atoms with E-state index in [4.69, 9.17) is 9.47 Å². The van der Waals surface area contributed by atoms with Gasteiger partial charge in [0.05, 0.1) is 31.3 Å². The van der Waals surface area contributed by atoms with Crippen LogP contribution in [0.3, 0.4) is 0 Å². The van der Waals surface area contributed by atoms with E-state index in [2.05, 4.69) is 0 Å². The Bertz CT molecular complexity index is 861. The molecule has 6 atom stereocenters. The number of likely N-dealkylation sites (tertiary alicyclic amines) is 1. The molecule has 1 spiro atoms. The third-order valence-electron chi connectivity index (χ3n) is 8.18. The lowest BCUT2D eigenvalue weighted by Gasteiger charge is -2.41. The average molecular weight is 459 g/mol. The largest absolute Gasteiger partial charge is 0.465 e. The number of amides is 2. The van der Waals surface area contributed by atoms with Crippen LogP contribution in [0.1, 0.15) is 51.9 Å². The van der Waals surface area contributed by atoms with Crippen LogP contribution in [0.5, 0.6) is 0 Å². The molecule has 3 fully saturated rings. The van der Waals surface area contributed by atoms with Gasteiger partial charge in [-0.25, -0.2) is 0 Å². The van der Waals surface area contributed by atoms with E-state index in [9.17, 15) is 19.5 Å². The summed E-state index contributed by atoms with van der Waals surface area (Å²) in [7, 11) is 0. The minimum atomic E-state index is -1.25. The van der Waals surface area contributed by atoms with Crippen LogP contribution in [0.2, 0.25) is 0 Å². The smallest absolute Gasteiger partial charge is 0.312 e. The molecule has 33 heavy (non-hydrogen) atoms. The van der Waals surface area contributed by atoms with Crippen LogP contribution < -0.4 is 0 Å². The number of ether oxygens (including phenoxy) is 2. The van der Waals surface area contributed by atoms with Crippen molar-refractivity contribution in [1.29, 1.82) is 0 Å². The molecule has 8 nitrogen and oxygen atoms in total. The predicted octanol–water partition coefficient (Wildman–Crippen LogP) is 1.57. The number of aliphatic hydroxyl groups excluding tert-OH is 1. The van der Waals surface area contributed by atoms with E-state index in [0.29, 0.717) is 19.4 Å². The number of carbonyl (C=O) groups excluding carboxylic acids is 3. The molecule has 0 bridgehead atoms. The number of carbonyl (C=O) groups is 3. The number of aliphatic hydroxyl groups is 1. The van der Waals surface area contributed by atoms with Crippen LogP contribution in [-0.2, 0) is 23.9 Å². The average Bonchev–Trinajstić information content (AvgIpc) is 3.19. The van der Waals surface area contributed by atoms with Crippen LogP contribution in [-0.4, -0.2) is 82.3 Å². The van der Waals surface area contributed by atoms with Gasteiger partial charge >= 0.3 is 5.97 Å². The highest BCUT2D eigenvalue weighted by Gasteiger charge is 2.72. The third kappa shape index (κ3) is 3.44. The summed E-state index contributed by atoms with van der Waals surface area (Å²) >= 11 is 0. The minimum absolute atomic E-state index is 0.135. The Labute approximate surface area is 194 Å². The molecule has 1 unspecified atom stereocenters. The summed E-state index contributed by atoms with van der Waals surface area (Å²) < 4.78 is 12.0. The van der Waals surface area contributed by atoms with Crippen LogP contribution >= 0.6 is 0 Å². The Morgan fingerprint density at radius 2 is 1.94 bits per heavy atom. The molecule has 0 radical (unpaired) electrons. The fourth-order valence-electron chi connectivity index (χ4n) is 6.59. The zero-order valence-electron chi connectivity index (χ0n) is 19.2. The maximum absolute atomic E-state index is 14.2. The lowest BCUT2D eigenvalue weighted by atomic mass is 9.77. The van der Waals surface area contributed by atoms with Crippen molar-refractivity contribution in [2.75, 3.05) is 19.8 Å². The summed E-state index contributed by atoms with van der Waals surface area (Å²) in [6.45, 7) is 2.37.